The van der Waals surface area contributed by atoms with Crippen LogP contribution in [-0.2, 0) is 4.74 Å². The highest BCUT2D eigenvalue weighted by atomic mass is 35.5. The number of likely N-dealkylation sites (tertiary alicyclic amines) is 1. The minimum atomic E-state index is -0.323. The molecule has 0 aliphatic carbocycles. The second kappa shape index (κ2) is 5.97. The molecule has 0 bridgehead atoms. The summed E-state index contributed by atoms with van der Waals surface area (Å²) in [5.74, 6) is -0.323. The lowest BCUT2D eigenvalue weighted by Gasteiger charge is -2.27. The number of nitrogens with two attached hydrogens (primary N) is 1. The van der Waals surface area contributed by atoms with Gasteiger partial charge in [-0.15, -0.1) is 0 Å². The Bertz CT molecular complexity index is 416. The maximum Gasteiger partial charge on any atom is 0.124 e. The third kappa shape index (κ3) is 2.83. The van der Waals surface area contributed by atoms with Gasteiger partial charge in [-0.05, 0) is 24.1 Å². The Hall–Kier alpha value is -0.680. The number of hydrogen-bond acceptors (Lipinski definition) is 3. The van der Waals surface area contributed by atoms with Crippen LogP contribution in [0.5, 0.6) is 0 Å². The van der Waals surface area contributed by atoms with Gasteiger partial charge in [0.1, 0.15) is 5.82 Å². The Morgan fingerprint density at radius 2 is 2.39 bits per heavy atom. The Kier molecular flexibility index (Phi) is 4.56. The summed E-state index contributed by atoms with van der Waals surface area (Å²) in [6.07, 6.45) is 1.24. The SMILES string of the molecule is COC1CCN(C(CN)c2ccc(F)cc2Cl)C1. The molecule has 1 heterocycles. The summed E-state index contributed by atoms with van der Waals surface area (Å²) in [6, 6.07) is 4.50. The fourth-order valence-corrected chi connectivity index (χ4v) is 2.77. The average molecular weight is 273 g/mol. The van der Waals surface area contributed by atoms with Crippen molar-refractivity contribution in [2.75, 3.05) is 26.7 Å². The summed E-state index contributed by atoms with van der Waals surface area (Å²) < 4.78 is 18.4. The van der Waals surface area contributed by atoms with E-state index < -0.39 is 0 Å². The lowest BCUT2D eigenvalue weighted by atomic mass is 10.1. The van der Waals surface area contributed by atoms with Crippen molar-refractivity contribution in [1.82, 2.24) is 4.90 Å². The van der Waals surface area contributed by atoms with Crippen molar-refractivity contribution in [3.63, 3.8) is 0 Å². The van der Waals surface area contributed by atoms with Crippen LogP contribution in [0.4, 0.5) is 4.39 Å². The predicted molar refractivity (Wildman–Crippen MR) is 70.2 cm³/mol. The quantitative estimate of drug-likeness (QED) is 0.913. The van der Waals surface area contributed by atoms with E-state index in [0.29, 0.717) is 11.6 Å². The predicted octanol–water partition coefficient (Wildman–Crippen LogP) is 2.20. The summed E-state index contributed by atoms with van der Waals surface area (Å²) in [5.41, 5.74) is 6.73. The van der Waals surface area contributed by atoms with E-state index in [1.54, 1.807) is 13.2 Å². The summed E-state index contributed by atoms with van der Waals surface area (Å²) in [5, 5.41) is 0.436. The first-order valence-electron chi connectivity index (χ1n) is 6.07. The first-order chi connectivity index (χ1) is 8.65. The van der Waals surface area contributed by atoms with Gasteiger partial charge in [-0.1, -0.05) is 17.7 Å². The van der Waals surface area contributed by atoms with Crippen molar-refractivity contribution in [2.24, 2.45) is 5.73 Å². The van der Waals surface area contributed by atoms with Gasteiger partial charge in [0.2, 0.25) is 0 Å². The molecule has 0 aromatic heterocycles. The van der Waals surface area contributed by atoms with Gasteiger partial charge in [0, 0.05) is 37.8 Å². The topological polar surface area (TPSA) is 38.5 Å². The second-order valence-electron chi connectivity index (χ2n) is 4.56. The Morgan fingerprint density at radius 1 is 1.61 bits per heavy atom. The monoisotopic (exact) mass is 272 g/mol. The van der Waals surface area contributed by atoms with Crippen molar-refractivity contribution in [2.45, 2.75) is 18.6 Å². The average Bonchev–Trinajstić information content (AvgIpc) is 2.81. The number of benzene rings is 1. The smallest absolute Gasteiger partial charge is 0.124 e. The zero-order valence-electron chi connectivity index (χ0n) is 10.4. The molecule has 1 aromatic carbocycles. The molecule has 1 aliphatic heterocycles. The standard InChI is InChI=1S/C13H18ClFN2O/c1-18-10-4-5-17(8-10)13(7-16)11-3-2-9(15)6-12(11)14/h2-3,6,10,13H,4-5,7-8,16H2,1H3. The lowest BCUT2D eigenvalue weighted by molar-refractivity contribution is 0.101. The highest BCUT2D eigenvalue weighted by Gasteiger charge is 2.29. The third-order valence-corrected chi connectivity index (χ3v) is 3.82. The molecule has 100 valence electrons. The maximum atomic E-state index is 13.1. The number of ether oxygens (including phenoxy) is 1. The van der Waals surface area contributed by atoms with Gasteiger partial charge >= 0.3 is 0 Å². The molecule has 0 radical (unpaired) electrons. The fourth-order valence-electron chi connectivity index (χ4n) is 2.47. The van der Waals surface area contributed by atoms with Crippen molar-refractivity contribution in [1.29, 1.82) is 0 Å². The van der Waals surface area contributed by atoms with E-state index in [0.717, 1.165) is 25.1 Å². The molecule has 0 saturated carbocycles. The molecule has 1 aromatic rings. The van der Waals surface area contributed by atoms with Crippen LogP contribution in [0.25, 0.3) is 0 Å². The van der Waals surface area contributed by atoms with Gasteiger partial charge in [-0.3, -0.25) is 4.90 Å². The molecule has 2 atom stereocenters. The minimum absolute atomic E-state index is 0.0262. The molecular formula is C13H18ClFN2O. The molecule has 0 spiro atoms. The van der Waals surface area contributed by atoms with Crippen LogP contribution in [0, 0.1) is 5.82 Å². The first-order valence-corrected chi connectivity index (χ1v) is 6.45. The van der Waals surface area contributed by atoms with E-state index >= 15 is 0 Å². The summed E-state index contributed by atoms with van der Waals surface area (Å²) in [4.78, 5) is 2.24. The number of halogens is 2. The van der Waals surface area contributed by atoms with E-state index in [9.17, 15) is 4.39 Å². The normalized spacial score (nSPS) is 22.3. The van der Waals surface area contributed by atoms with Gasteiger partial charge in [0.05, 0.1) is 6.10 Å². The van der Waals surface area contributed by atoms with E-state index in [1.807, 2.05) is 0 Å². The van der Waals surface area contributed by atoms with Gasteiger partial charge in [-0.25, -0.2) is 4.39 Å². The molecule has 1 aliphatic rings. The van der Waals surface area contributed by atoms with Crippen LogP contribution in [0.15, 0.2) is 18.2 Å². The minimum Gasteiger partial charge on any atom is -0.380 e. The van der Waals surface area contributed by atoms with Crippen LogP contribution in [0.3, 0.4) is 0 Å². The summed E-state index contributed by atoms with van der Waals surface area (Å²) in [7, 11) is 1.72. The van der Waals surface area contributed by atoms with E-state index in [-0.39, 0.29) is 18.0 Å². The molecule has 1 saturated heterocycles. The largest absolute Gasteiger partial charge is 0.380 e. The summed E-state index contributed by atoms with van der Waals surface area (Å²) in [6.45, 7) is 2.22. The highest BCUT2D eigenvalue weighted by molar-refractivity contribution is 6.31. The van der Waals surface area contributed by atoms with E-state index in [2.05, 4.69) is 4.90 Å². The van der Waals surface area contributed by atoms with Gasteiger partial charge < -0.3 is 10.5 Å². The molecule has 0 amide bonds. The number of hydrogen-bond donors (Lipinski definition) is 1. The van der Waals surface area contributed by atoms with E-state index in [4.69, 9.17) is 22.1 Å². The molecule has 5 heteroatoms. The second-order valence-corrected chi connectivity index (χ2v) is 4.97. The molecule has 1 fully saturated rings. The van der Waals surface area contributed by atoms with Crippen molar-refractivity contribution in [3.05, 3.63) is 34.6 Å². The molecule has 2 rings (SSSR count). The fraction of sp³-hybridized carbons (Fsp3) is 0.538. The number of nitrogens with zero attached hydrogens (tertiary/aromatic N) is 1. The summed E-state index contributed by atoms with van der Waals surface area (Å²) >= 11 is 6.10. The first kappa shape index (κ1) is 13.7. The Labute approximate surface area is 112 Å². The molecule has 2 N–H and O–H groups in total. The zero-order valence-corrected chi connectivity index (χ0v) is 11.2. The number of methoxy groups -OCH3 is 1. The zero-order chi connectivity index (χ0) is 13.1. The van der Waals surface area contributed by atoms with Gasteiger partial charge in [-0.2, -0.15) is 0 Å². The lowest BCUT2D eigenvalue weighted by Crippen LogP contribution is -2.33. The van der Waals surface area contributed by atoms with Crippen molar-refractivity contribution >= 4 is 11.6 Å². The molecule has 2 unspecified atom stereocenters. The Morgan fingerprint density at radius 3 is 2.94 bits per heavy atom. The van der Waals surface area contributed by atoms with Crippen LogP contribution in [0.2, 0.25) is 5.02 Å². The highest BCUT2D eigenvalue weighted by Crippen LogP contribution is 2.30. The van der Waals surface area contributed by atoms with Crippen LogP contribution in [0.1, 0.15) is 18.0 Å². The maximum absolute atomic E-state index is 13.1. The molecule has 3 nitrogen and oxygen atoms in total. The van der Waals surface area contributed by atoms with Gasteiger partial charge in [0.15, 0.2) is 0 Å². The number of rotatable bonds is 4. The van der Waals surface area contributed by atoms with Crippen LogP contribution < -0.4 is 5.73 Å². The van der Waals surface area contributed by atoms with Crippen LogP contribution in [-0.4, -0.2) is 37.7 Å². The van der Waals surface area contributed by atoms with Crippen molar-refractivity contribution < 1.29 is 9.13 Å². The van der Waals surface area contributed by atoms with Crippen LogP contribution >= 0.6 is 11.6 Å². The van der Waals surface area contributed by atoms with E-state index in [1.165, 1.54) is 12.1 Å². The Balaban J connectivity index is 2.18. The van der Waals surface area contributed by atoms with Crippen molar-refractivity contribution in [3.8, 4) is 0 Å². The molecular weight excluding hydrogens is 255 g/mol. The van der Waals surface area contributed by atoms with Gasteiger partial charge in [0.25, 0.3) is 0 Å². The molecule has 18 heavy (non-hydrogen) atoms. The third-order valence-electron chi connectivity index (χ3n) is 3.50.